The molecule has 0 saturated carbocycles. The Morgan fingerprint density at radius 1 is 0.950 bits per heavy atom. The zero-order chi connectivity index (χ0) is 27.6. The topological polar surface area (TPSA) is 66.9 Å². The van der Waals surface area contributed by atoms with E-state index in [0.717, 1.165) is 55.0 Å². The summed E-state index contributed by atoms with van der Waals surface area (Å²) >= 11 is 4.43. The molecule has 0 aromatic heterocycles. The number of benzene rings is 4. The van der Waals surface area contributed by atoms with Crippen LogP contribution in [0.5, 0.6) is 5.75 Å². The summed E-state index contributed by atoms with van der Waals surface area (Å²) in [5, 5.41) is 1.88. The Labute approximate surface area is 244 Å². The smallest absolute Gasteiger partial charge is 0.294 e. The van der Waals surface area contributed by atoms with Gasteiger partial charge in [0.15, 0.2) is 0 Å². The van der Waals surface area contributed by atoms with Gasteiger partial charge >= 0.3 is 0 Å². The SMILES string of the molecule is O=C(CN1C(=O)S/C(=C\c2ccc(OCc3cccc4ccccc34)c(Br)c2)C1=O)N1CCc2ccccc2C1. The minimum absolute atomic E-state index is 0.228. The van der Waals surface area contributed by atoms with Gasteiger partial charge in [0, 0.05) is 13.1 Å². The average Bonchev–Trinajstić information content (AvgIpc) is 3.23. The van der Waals surface area contributed by atoms with Crippen LogP contribution in [-0.4, -0.2) is 39.9 Å². The average molecular weight is 614 g/mol. The van der Waals surface area contributed by atoms with Crippen molar-refractivity contribution in [2.75, 3.05) is 13.1 Å². The number of halogens is 1. The summed E-state index contributed by atoms with van der Waals surface area (Å²) in [7, 11) is 0. The molecule has 1 saturated heterocycles. The van der Waals surface area contributed by atoms with Crippen molar-refractivity contribution in [3.63, 3.8) is 0 Å². The predicted molar refractivity (Wildman–Crippen MR) is 161 cm³/mol. The Morgan fingerprint density at radius 3 is 2.58 bits per heavy atom. The van der Waals surface area contributed by atoms with Crippen LogP contribution in [0.2, 0.25) is 0 Å². The Bertz CT molecular complexity index is 1680. The van der Waals surface area contributed by atoms with Gasteiger partial charge in [0.1, 0.15) is 18.9 Å². The minimum Gasteiger partial charge on any atom is -0.488 e. The molecular weight excluding hydrogens is 588 g/mol. The molecule has 0 bridgehead atoms. The fourth-order valence-corrected chi connectivity index (χ4v) is 6.38. The molecule has 200 valence electrons. The molecule has 4 aromatic rings. The molecule has 6 nitrogen and oxygen atoms in total. The van der Waals surface area contributed by atoms with Gasteiger partial charge in [-0.15, -0.1) is 0 Å². The summed E-state index contributed by atoms with van der Waals surface area (Å²) < 4.78 is 6.83. The molecule has 40 heavy (non-hydrogen) atoms. The maximum atomic E-state index is 13.1. The third kappa shape index (κ3) is 5.42. The van der Waals surface area contributed by atoms with Crippen LogP contribution in [0.4, 0.5) is 4.79 Å². The predicted octanol–water partition coefficient (Wildman–Crippen LogP) is 6.80. The quantitative estimate of drug-likeness (QED) is 0.224. The highest BCUT2D eigenvalue weighted by atomic mass is 79.9. The number of ether oxygens (including phenoxy) is 1. The fourth-order valence-electron chi connectivity index (χ4n) is 5.03. The maximum absolute atomic E-state index is 13.1. The lowest BCUT2D eigenvalue weighted by Gasteiger charge is -2.29. The number of nitrogens with zero attached hydrogens (tertiary/aromatic N) is 2. The first-order chi connectivity index (χ1) is 19.5. The number of carbonyl (C=O) groups excluding carboxylic acids is 3. The van der Waals surface area contributed by atoms with Gasteiger partial charge < -0.3 is 9.64 Å². The highest BCUT2D eigenvalue weighted by Gasteiger charge is 2.37. The van der Waals surface area contributed by atoms with Gasteiger partial charge in [-0.1, -0.05) is 72.8 Å². The van der Waals surface area contributed by atoms with Crippen LogP contribution in [0, 0.1) is 0 Å². The summed E-state index contributed by atoms with van der Waals surface area (Å²) in [4.78, 5) is 41.7. The monoisotopic (exact) mass is 612 g/mol. The van der Waals surface area contributed by atoms with Gasteiger partial charge in [0.25, 0.3) is 11.1 Å². The highest BCUT2D eigenvalue weighted by molar-refractivity contribution is 9.10. The summed E-state index contributed by atoms with van der Waals surface area (Å²) in [6.07, 6.45) is 2.44. The summed E-state index contributed by atoms with van der Waals surface area (Å²) in [6, 6.07) is 27.9. The van der Waals surface area contributed by atoms with Crippen molar-refractivity contribution in [3.8, 4) is 5.75 Å². The Kier molecular flexibility index (Phi) is 7.45. The van der Waals surface area contributed by atoms with E-state index in [9.17, 15) is 14.4 Å². The van der Waals surface area contributed by atoms with Crippen molar-refractivity contribution in [2.24, 2.45) is 0 Å². The second-order valence-corrected chi connectivity index (χ2v) is 11.6. The third-order valence-corrected chi connectivity index (χ3v) is 8.69. The number of amides is 3. The van der Waals surface area contributed by atoms with E-state index in [0.29, 0.717) is 25.4 Å². The van der Waals surface area contributed by atoms with E-state index in [1.54, 1.807) is 11.0 Å². The van der Waals surface area contributed by atoms with Crippen molar-refractivity contribution in [1.29, 1.82) is 0 Å². The summed E-state index contributed by atoms with van der Waals surface area (Å²) in [5.74, 6) is -0.00597. The van der Waals surface area contributed by atoms with E-state index >= 15 is 0 Å². The molecule has 0 unspecified atom stereocenters. The minimum atomic E-state index is -0.451. The number of hydrogen-bond donors (Lipinski definition) is 0. The third-order valence-electron chi connectivity index (χ3n) is 7.17. The molecule has 0 radical (unpaired) electrons. The lowest BCUT2D eigenvalue weighted by Crippen LogP contribution is -2.44. The molecular formula is C32H25BrN2O4S. The number of imide groups is 1. The second-order valence-electron chi connectivity index (χ2n) is 9.72. The number of rotatable bonds is 6. The van der Waals surface area contributed by atoms with E-state index in [1.165, 1.54) is 5.56 Å². The van der Waals surface area contributed by atoms with Crippen LogP contribution >= 0.6 is 27.7 Å². The lowest BCUT2D eigenvalue weighted by molar-refractivity contribution is -0.136. The van der Waals surface area contributed by atoms with Crippen molar-refractivity contribution in [1.82, 2.24) is 9.80 Å². The second kappa shape index (κ2) is 11.3. The molecule has 2 aliphatic heterocycles. The van der Waals surface area contributed by atoms with Crippen LogP contribution in [0.25, 0.3) is 16.8 Å². The van der Waals surface area contributed by atoms with Crippen molar-refractivity contribution >= 4 is 61.6 Å². The van der Waals surface area contributed by atoms with Gasteiger partial charge in [-0.3, -0.25) is 19.3 Å². The molecule has 1 fully saturated rings. The maximum Gasteiger partial charge on any atom is 0.294 e. The van der Waals surface area contributed by atoms with Crippen molar-refractivity contribution < 1.29 is 19.1 Å². The van der Waals surface area contributed by atoms with Crippen LogP contribution < -0.4 is 4.74 Å². The first kappa shape index (κ1) is 26.3. The number of fused-ring (bicyclic) bond motifs is 2. The zero-order valence-electron chi connectivity index (χ0n) is 21.5. The summed E-state index contributed by atoms with van der Waals surface area (Å²) in [6.45, 7) is 1.22. The Hall–Kier alpha value is -3.88. The fraction of sp³-hybridized carbons (Fsp3) is 0.156. The van der Waals surface area contributed by atoms with Crippen LogP contribution in [0.15, 0.2) is 94.3 Å². The van der Waals surface area contributed by atoms with E-state index in [1.807, 2.05) is 54.6 Å². The normalized spacial score (nSPS) is 16.1. The molecule has 2 heterocycles. The van der Waals surface area contributed by atoms with Crippen LogP contribution in [0.3, 0.4) is 0 Å². The van der Waals surface area contributed by atoms with Gasteiger partial charge in [0.2, 0.25) is 5.91 Å². The highest BCUT2D eigenvalue weighted by Crippen LogP contribution is 2.34. The number of carbonyl (C=O) groups is 3. The molecule has 6 rings (SSSR count). The largest absolute Gasteiger partial charge is 0.488 e. The number of hydrogen-bond acceptors (Lipinski definition) is 5. The van der Waals surface area contributed by atoms with Gasteiger partial charge in [0.05, 0.1) is 9.38 Å². The van der Waals surface area contributed by atoms with E-state index in [-0.39, 0.29) is 17.4 Å². The zero-order valence-corrected chi connectivity index (χ0v) is 23.9. The van der Waals surface area contributed by atoms with E-state index in [2.05, 4.69) is 46.3 Å². The Morgan fingerprint density at radius 2 is 1.73 bits per heavy atom. The molecule has 0 N–H and O–H groups in total. The lowest BCUT2D eigenvalue weighted by atomic mass is 10.00. The summed E-state index contributed by atoms with van der Waals surface area (Å²) in [5.41, 5.74) is 4.17. The standard InChI is InChI=1S/C32H25BrN2O4S/c33-27-16-21(12-13-28(27)39-20-25-10-5-9-23-7-3-4-11-26(23)25)17-29-31(37)35(32(38)40-29)19-30(36)34-15-14-22-6-1-2-8-24(22)18-34/h1-13,16-17H,14-15,18-20H2/b29-17-. The van der Waals surface area contributed by atoms with Crippen LogP contribution in [-0.2, 0) is 29.2 Å². The van der Waals surface area contributed by atoms with E-state index in [4.69, 9.17) is 4.74 Å². The molecule has 3 amide bonds. The molecule has 0 aliphatic carbocycles. The van der Waals surface area contributed by atoms with Crippen LogP contribution in [0.1, 0.15) is 22.3 Å². The van der Waals surface area contributed by atoms with Gasteiger partial charge in [-0.25, -0.2) is 0 Å². The van der Waals surface area contributed by atoms with Gasteiger partial charge in [-0.05, 0) is 85.3 Å². The molecule has 0 atom stereocenters. The molecule has 2 aliphatic rings. The van der Waals surface area contributed by atoms with Gasteiger partial charge in [-0.2, -0.15) is 0 Å². The van der Waals surface area contributed by atoms with E-state index < -0.39 is 11.1 Å². The Balaban J connectivity index is 1.11. The molecule has 4 aromatic carbocycles. The first-order valence-corrected chi connectivity index (χ1v) is 14.6. The molecule has 0 spiro atoms. The molecule has 8 heteroatoms. The van der Waals surface area contributed by atoms with Crippen molar-refractivity contribution in [3.05, 3.63) is 117 Å². The number of thioether (sulfide) groups is 1. The first-order valence-electron chi connectivity index (χ1n) is 13.0. The van der Waals surface area contributed by atoms with Crippen molar-refractivity contribution in [2.45, 2.75) is 19.6 Å².